The maximum absolute atomic E-state index is 5.85. The summed E-state index contributed by atoms with van der Waals surface area (Å²) in [6.45, 7) is 6.58. The summed E-state index contributed by atoms with van der Waals surface area (Å²) in [7, 11) is 1.91. The topological polar surface area (TPSA) is 24.4 Å². The first-order chi connectivity index (χ1) is 7.17. The van der Waals surface area contributed by atoms with Gasteiger partial charge in [0, 0.05) is 6.54 Å². The minimum atomic E-state index is 0.488. The Hall–Kier alpha value is -1.12. The first-order valence-electron chi connectivity index (χ1n) is 4.80. The highest BCUT2D eigenvalue weighted by Crippen LogP contribution is 2.14. The molecule has 1 aliphatic carbocycles. The summed E-state index contributed by atoms with van der Waals surface area (Å²) in [5, 5.41) is 3.58. The Morgan fingerprint density at radius 2 is 2.33 bits per heavy atom. The lowest BCUT2D eigenvalue weighted by Gasteiger charge is -2.10. The molecule has 0 saturated carbocycles. The first-order valence-corrected chi connectivity index (χ1v) is 5.18. The second kappa shape index (κ2) is 5.69. The summed E-state index contributed by atoms with van der Waals surface area (Å²) in [6.07, 6.45) is 7.73. The van der Waals surface area contributed by atoms with Gasteiger partial charge in [-0.05, 0) is 31.2 Å². The molecule has 0 aromatic heterocycles. The second-order valence-corrected chi connectivity index (χ2v) is 3.60. The van der Waals surface area contributed by atoms with Crippen LogP contribution in [0.15, 0.2) is 52.2 Å². The molecule has 0 fully saturated rings. The number of nitrogens with zero attached hydrogens (tertiary/aromatic N) is 1. The van der Waals surface area contributed by atoms with Gasteiger partial charge in [0.15, 0.2) is 0 Å². The van der Waals surface area contributed by atoms with Crippen LogP contribution in [-0.2, 0) is 0 Å². The fourth-order valence-corrected chi connectivity index (χ4v) is 1.30. The molecular weight excluding hydrogens is 208 g/mol. The van der Waals surface area contributed by atoms with Crippen molar-refractivity contribution in [1.29, 1.82) is 0 Å². The number of aliphatic imine (C=N–C) groups is 1. The quantitative estimate of drug-likeness (QED) is 0.730. The van der Waals surface area contributed by atoms with Gasteiger partial charge in [0.25, 0.3) is 0 Å². The van der Waals surface area contributed by atoms with Crippen molar-refractivity contribution in [2.24, 2.45) is 4.99 Å². The third kappa shape index (κ3) is 3.50. The lowest BCUT2D eigenvalue weighted by atomic mass is 10.0. The predicted octanol–water partition coefficient (Wildman–Crippen LogP) is 2.80. The average Bonchev–Trinajstić information content (AvgIpc) is 2.23. The van der Waals surface area contributed by atoms with E-state index in [4.69, 9.17) is 11.6 Å². The molecule has 0 aromatic carbocycles. The molecule has 80 valence electrons. The third-order valence-electron chi connectivity index (χ3n) is 2.00. The molecule has 0 saturated heterocycles. The van der Waals surface area contributed by atoms with Crippen LogP contribution in [0.4, 0.5) is 0 Å². The summed E-state index contributed by atoms with van der Waals surface area (Å²) < 4.78 is 0. The largest absolute Gasteiger partial charge is 0.316 e. The Balaban J connectivity index is 2.93. The SMILES string of the molecule is C=C1C=CC(CNC)=C/C1=N/C(Cl)=C\C. The molecule has 0 spiro atoms. The zero-order valence-electron chi connectivity index (χ0n) is 9.05. The minimum Gasteiger partial charge on any atom is -0.316 e. The summed E-state index contributed by atoms with van der Waals surface area (Å²) in [6, 6.07) is 0. The molecule has 0 aliphatic heterocycles. The maximum atomic E-state index is 5.85. The highest BCUT2D eigenvalue weighted by atomic mass is 35.5. The van der Waals surface area contributed by atoms with Gasteiger partial charge in [0.05, 0.1) is 5.71 Å². The number of nitrogens with one attached hydrogen (secondary N) is 1. The van der Waals surface area contributed by atoms with Crippen LogP contribution in [-0.4, -0.2) is 19.3 Å². The monoisotopic (exact) mass is 222 g/mol. The van der Waals surface area contributed by atoms with Crippen molar-refractivity contribution >= 4 is 17.3 Å². The van der Waals surface area contributed by atoms with Crippen molar-refractivity contribution in [3.05, 3.63) is 47.2 Å². The van der Waals surface area contributed by atoms with Crippen molar-refractivity contribution in [2.75, 3.05) is 13.6 Å². The standard InChI is InChI=1S/C12H15ClN2/c1-4-12(13)15-11-7-10(8-14-3)6-5-9(11)2/h4-7,14H,2,8H2,1,3H3/b12-4-,15-11-. The maximum Gasteiger partial charge on any atom is 0.125 e. The second-order valence-electron chi connectivity index (χ2n) is 3.22. The van der Waals surface area contributed by atoms with Gasteiger partial charge in [0.1, 0.15) is 5.16 Å². The Labute approximate surface area is 95.7 Å². The van der Waals surface area contributed by atoms with Crippen LogP contribution in [0.2, 0.25) is 0 Å². The van der Waals surface area contributed by atoms with Crippen LogP contribution in [0.25, 0.3) is 0 Å². The van der Waals surface area contributed by atoms with Crippen molar-refractivity contribution < 1.29 is 0 Å². The molecule has 0 heterocycles. The average molecular weight is 223 g/mol. The lowest BCUT2D eigenvalue weighted by Crippen LogP contribution is -2.13. The molecule has 1 aliphatic rings. The van der Waals surface area contributed by atoms with Crippen molar-refractivity contribution in [2.45, 2.75) is 6.92 Å². The Kier molecular flexibility index (Phi) is 4.53. The van der Waals surface area contributed by atoms with Crippen LogP contribution >= 0.6 is 11.6 Å². The summed E-state index contributed by atoms with van der Waals surface area (Å²) in [4.78, 5) is 4.26. The van der Waals surface area contributed by atoms with Crippen molar-refractivity contribution in [3.8, 4) is 0 Å². The van der Waals surface area contributed by atoms with E-state index in [9.17, 15) is 0 Å². The van der Waals surface area contributed by atoms with E-state index >= 15 is 0 Å². The van der Waals surface area contributed by atoms with Crippen LogP contribution in [0.5, 0.6) is 0 Å². The van der Waals surface area contributed by atoms with Crippen LogP contribution in [0, 0.1) is 0 Å². The molecule has 1 rings (SSSR count). The predicted molar refractivity (Wildman–Crippen MR) is 67.3 cm³/mol. The van der Waals surface area contributed by atoms with Gasteiger partial charge in [-0.15, -0.1) is 0 Å². The highest BCUT2D eigenvalue weighted by molar-refractivity contribution is 6.30. The number of hydrogen-bond donors (Lipinski definition) is 1. The van der Waals surface area contributed by atoms with Gasteiger partial charge in [-0.2, -0.15) is 0 Å². The first kappa shape index (κ1) is 12.0. The molecule has 0 atom stereocenters. The Morgan fingerprint density at radius 3 is 2.93 bits per heavy atom. The van der Waals surface area contributed by atoms with Gasteiger partial charge >= 0.3 is 0 Å². The minimum absolute atomic E-state index is 0.488. The fourth-order valence-electron chi connectivity index (χ4n) is 1.21. The molecule has 0 amide bonds. The van der Waals surface area contributed by atoms with Gasteiger partial charge < -0.3 is 5.32 Å². The Bertz CT molecular complexity index is 373. The van der Waals surface area contributed by atoms with Gasteiger partial charge in [-0.1, -0.05) is 36.4 Å². The molecular formula is C12H15ClN2. The zero-order chi connectivity index (χ0) is 11.3. The van der Waals surface area contributed by atoms with E-state index in [0.717, 1.165) is 17.8 Å². The summed E-state index contributed by atoms with van der Waals surface area (Å²) >= 11 is 5.85. The molecule has 3 heteroatoms. The molecule has 0 radical (unpaired) electrons. The molecule has 2 nitrogen and oxygen atoms in total. The normalized spacial score (nSPS) is 19.7. The summed E-state index contributed by atoms with van der Waals surface area (Å²) in [5.74, 6) is 0. The zero-order valence-corrected chi connectivity index (χ0v) is 9.80. The van der Waals surface area contributed by atoms with Crippen LogP contribution < -0.4 is 5.32 Å². The molecule has 0 unspecified atom stereocenters. The van der Waals surface area contributed by atoms with Gasteiger partial charge in [-0.3, -0.25) is 0 Å². The van der Waals surface area contributed by atoms with E-state index in [2.05, 4.69) is 16.9 Å². The third-order valence-corrected chi connectivity index (χ3v) is 2.30. The summed E-state index contributed by atoms with van der Waals surface area (Å²) in [5.41, 5.74) is 2.88. The Morgan fingerprint density at radius 1 is 1.60 bits per heavy atom. The lowest BCUT2D eigenvalue weighted by molar-refractivity contribution is 0.895. The number of likely N-dealkylation sites (N-methyl/N-ethyl adjacent to an activating group) is 1. The molecule has 0 aromatic rings. The molecule has 15 heavy (non-hydrogen) atoms. The van der Waals surface area contributed by atoms with Gasteiger partial charge in [0.2, 0.25) is 0 Å². The van der Waals surface area contributed by atoms with E-state index in [1.165, 1.54) is 5.57 Å². The fraction of sp³-hybridized carbons (Fsp3) is 0.250. The van der Waals surface area contributed by atoms with E-state index in [1.54, 1.807) is 6.08 Å². The van der Waals surface area contributed by atoms with Crippen LogP contribution in [0.1, 0.15) is 6.92 Å². The van der Waals surface area contributed by atoms with E-state index in [-0.39, 0.29) is 0 Å². The van der Waals surface area contributed by atoms with Crippen LogP contribution in [0.3, 0.4) is 0 Å². The number of hydrogen-bond acceptors (Lipinski definition) is 2. The smallest absolute Gasteiger partial charge is 0.125 e. The number of halogens is 1. The van der Waals surface area contributed by atoms with Crippen molar-refractivity contribution in [3.63, 3.8) is 0 Å². The molecule has 1 N–H and O–H groups in total. The molecule has 0 bridgehead atoms. The van der Waals surface area contributed by atoms with E-state index < -0.39 is 0 Å². The highest BCUT2D eigenvalue weighted by Gasteiger charge is 2.06. The number of allylic oxidation sites excluding steroid dienone is 4. The van der Waals surface area contributed by atoms with E-state index in [1.807, 2.05) is 32.2 Å². The van der Waals surface area contributed by atoms with E-state index in [0.29, 0.717) is 5.16 Å². The van der Waals surface area contributed by atoms with Crippen molar-refractivity contribution in [1.82, 2.24) is 5.32 Å². The number of rotatable bonds is 3. The van der Waals surface area contributed by atoms with Gasteiger partial charge in [-0.25, -0.2) is 4.99 Å².